The van der Waals surface area contributed by atoms with Crippen molar-refractivity contribution in [3.8, 4) is 0 Å². The number of nitrogens with zero attached hydrogens (tertiary/aromatic N) is 4. The third-order valence-corrected chi connectivity index (χ3v) is 6.97. The number of nitrogens with one attached hydrogen (secondary N) is 1. The van der Waals surface area contributed by atoms with Crippen LogP contribution in [0.4, 0.5) is 22.2 Å². The predicted molar refractivity (Wildman–Crippen MR) is 134 cm³/mol. The molecular weight excluding hydrogens is 438 g/mol. The third kappa shape index (κ3) is 5.17. The molecule has 5 N–H and O–H groups in total. The van der Waals surface area contributed by atoms with Crippen molar-refractivity contribution in [2.75, 3.05) is 29.2 Å². The molecule has 0 saturated heterocycles. The fraction of sp³-hybridized carbons (Fsp3) is 0.542. The molecule has 2 amide bonds. The zero-order valence-corrected chi connectivity index (χ0v) is 20.2. The van der Waals surface area contributed by atoms with Gasteiger partial charge in [-0.2, -0.15) is 4.98 Å². The number of primary amides is 1. The number of anilines is 3. The molecule has 2 aliphatic rings. The molecule has 1 heterocycles. The monoisotopic (exact) mass is 471 g/mol. The average Bonchev–Trinajstić information content (AvgIpc) is 2.80. The largest absolute Gasteiger partial charge is 0.362 e. The van der Waals surface area contributed by atoms with E-state index in [1.54, 1.807) is 17.0 Å². The summed E-state index contributed by atoms with van der Waals surface area (Å²) in [4.78, 5) is 25.9. The van der Waals surface area contributed by atoms with Gasteiger partial charge in [-0.05, 0) is 75.1 Å². The maximum atomic E-state index is 12.4. The van der Waals surface area contributed by atoms with Crippen LogP contribution in [-0.4, -0.2) is 42.2 Å². The first-order valence-electron chi connectivity index (χ1n) is 11.8. The van der Waals surface area contributed by atoms with Crippen molar-refractivity contribution in [2.45, 2.75) is 70.0 Å². The summed E-state index contributed by atoms with van der Waals surface area (Å²) in [7, 11) is 4.08. The Morgan fingerprint density at radius 3 is 2.55 bits per heavy atom. The number of benzene rings is 1. The summed E-state index contributed by atoms with van der Waals surface area (Å²) >= 11 is 6.12. The zero-order chi connectivity index (χ0) is 23.5. The van der Waals surface area contributed by atoms with Gasteiger partial charge in [0.1, 0.15) is 5.82 Å². The Morgan fingerprint density at radius 2 is 1.88 bits per heavy atom. The molecule has 1 aromatic heterocycles. The molecule has 1 aromatic carbocycles. The lowest BCUT2D eigenvalue weighted by Crippen LogP contribution is -2.47. The molecule has 9 heteroatoms. The molecule has 1 saturated carbocycles. The first-order valence-corrected chi connectivity index (χ1v) is 12.2. The number of hydrogen-bond acceptors (Lipinski definition) is 6. The highest BCUT2D eigenvalue weighted by Crippen LogP contribution is 2.33. The molecule has 0 aliphatic heterocycles. The van der Waals surface area contributed by atoms with Crippen LogP contribution in [0.1, 0.15) is 55.3 Å². The summed E-state index contributed by atoms with van der Waals surface area (Å²) in [6, 6.07) is 5.23. The predicted octanol–water partition coefficient (Wildman–Crippen LogP) is 3.84. The summed E-state index contributed by atoms with van der Waals surface area (Å²) in [5.41, 5.74) is 15.7. The van der Waals surface area contributed by atoms with E-state index in [9.17, 15) is 4.79 Å². The van der Waals surface area contributed by atoms with Crippen molar-refractivity contribution in [2.24, 2.45) is 11.5 Å². The summed E-state index contributed by atoms with van der Waals surface area (Å²) in [5.74, 6) is 1.73. The van der Waals surface area contributed by atoms with Gasteiger partial charge in [0.05, 0.1) is 11.4 Å². The molecule has 1 fully saturated rings. The quantitative estimate of drug-likeness (QED) is 0.589. The van der Waals surface area contributed by atoms with Crippen molar-refractivity contribution in [1.29, 1.82) is 0 Å². The van der Waals surface area contributed by atoms with Crippen LogP contribution in [0.5, 0.6) is 0 Å². The number of rotatable bonds is 6. The Morgan fingerprint density at radius 1 is 1.15 bits per heavy atom. The van der Waals surface area contributed by atoms with E-state index in [1.165, 1.54) is 24.1 Å². The van der Waals surface area contributed by atoms with Gasteiger partial charge in [0.2, 0.25) is 5.95 Å². The number of halogens is 1. The van der Waals surface area contributed by atoms with Crippen LogP contribution in [-0.2, 0) is 19.4 Å². The van der Waals surface area contributed by atoms with E-state index in [4.69, 9.17) is 33.0 Å². The average molecular weight is 472 g/mol. The zero-order valence-electron chi connectivity index (χ0n) is 19.5. The highest BCUT2D eigenvalue weighted by molar-refractivity contribution is 6.30. The minimum Gasteiger partial charge on any atom is -0.362 e. The topological polar surface area (TPSA) is 113 Å². The number of amides is 2. The highest BCUT2D eigenvalue weighted by atomic mass is 35.5. The van der Waals surface area contributed by atoms with Crippen molar-refractivity contribution in [3.05, 3.63) is 40.0 Å². The maximum Gasteiger partial charge on any atom is 0.319 e. The number of fused-ring (bicyclic) bond motifs is 1. The fourth-order valence-electron chi connectivity index (χ4n) is 5.12. The van der Waals surface area contributed by atoms with Gasteiger partial charge in [0.15, 0.2) is 0 Å². The molecule has 0 spiro atoms. The number of hydrogen-bond donors (Lipinski definition) is 3. The number of aromatic nitrogens is 2. The Bertz CT molecular complexity index is 1000. The van der Waals surface area contributed by atoms with E-state index in [1.807, 2.05) is 20.2 Å². The van der Waals surface area contributed by atoms with Gasteiger partial charge in [-0.15, -0.1) is 0 Å². The van der Waals surface area contributed by atoms with Crippen molar-refractivity contribution in [1.82, 2.24) is 9.97 Å². The van der Waals surface area contributed by atoms with E-state index in [0.717, 1.165) is 55.6 Å². The smallest absolute Gasteiger partial charge is 0.319 e. The van der Waals surface area contributed by atoms with Crippen LogP contribution >= 0.6 is 11.6 Å². The molecular formula is C24H34ClN7O. The molecule has 4 rings (SSSR count). The Hall–Kier alpha value is -2.58. The van der Waals surface area contributed by atoms with E-state index in [0.29, 0.717) is 17.5 Å². The van der Waals surface area contributed by atoms with Gasteiger partial charge in [-0.25, -0.2) is 9.78 Å². The lowest BCUT2D eigenvalue weighted by atomic mass is 9.89. The van der Waals surface area contributed by atoms with Crippen LogP contribution in [0.3, 0.4) is 0 Å². The van der Waals surface area contributed by atoms with Crippen molar-refractivity contribution in [3.63, 3.8) is 0 Å². The molecule has 2 aromatic rings. The van der Waals surface area contributed by atoms with Crippen LogP contribution in [0.15, 0.2) is 18.2 Å². The maximum absolute atomic E-state index is 12.4. The van der Waals surface area contributed by atoms with Crippen molar-refractivity contribution < 1.29 is 4.79 Å². The third-order valence-electron chi connectivity index (χ3n) is 6.74. The standard InChI is InChI=1S/C24H34ClN7O/c1-31(2)22-19-5-3-4-6-20(19)29-24(30-22)28-17-8-10-18(11-9-17)32(23(27)33)21-12-7-16(25)13-15(21)14-26/h7,12-13,17-18H,3-6,8-11,14,26H2,1-2H3,(H2,27,33)(H,28,29,30). The number of nitrogens with two attached hydrogens (primary N) is 2. The van der Waals surface area contributed by atoms with Gasteiger partial charge >= 0.3 is 6.03 Å². The Labute approximate surface area is 200 Å². The summed E-state index contributed by atoms with van der Waals surface area (Å²) in [5, 5.41) is 4.16. The van der Waals surface area contributed by atoms with E-state index >= 15 is 0 Å². The minimum atomic E-state index is -0.461. The molecule has 2 aliphatic carbocycles. The van der Waals surface area contributed by atoms with Crippen molar-refractivity contribution >= 4 is 35.1 Å². The molecule has 0 atom stereocenters. The summed E-state index contributed by atoms with van der Waals surface area (Å²) < 4.78 is 0. The van der Waals surface area contributed by atoms with E-state index in [2.05, 4.69) is 10.2 Å². The van der Waals surface area contributed by atoms with E-state index in [-0.39, 0.29) is 12.1 Å². The minimum absolute atomic E-state index is 0.0220. The lowest BCUT2D eigenvalue weighted by Gasteiger charge is -2.37. The second kappa shape index (κ2) is 10.1. The normalized spacial score (nSPS) is 20.1. The number of urea groups is 1. The summed E-state index contributed by atoms with van der Waals surface area (Å²) in [6.45, 7) is 0.292. The molecule has 0 radical (unpaired) electrons. The number of carbonyl (C=O) groups is 1. The summed E-state index contributed by atoms with van der Waals surface area (Å²) in [6.07, 6.45) is 7.90. The Balaban J connectivity index is 1.47. The van der Waals surface area contributed by atoms with Gasteiger partial charge in [-0.1, -0.05) is 11.6 Å². The highest BCUT2D eigenvalue weighted by Gasteiger charge is 2.31. The van der Waals surface area contributed by atoms with Crippen LogP contribution < -0.4 is 26.6 Å². The number of aryl methyl sites for hydroxylation is 1. The second-order valence-electron chi connectivity index (χ2n) is 9.23. The first-order chi connectivity index (χ1) is 15.9. The molecule has 0 unspecified atom stereocenters. The van der Waals surface area contributed by atoms with Crippen LogP contribution in [0.25, 0.3) is 0 Å². The number of carbonyl (C=O) groups excluding carboxylic acids is 1. The second-order valence-corrected chi connectivity index (χ2v) is 9.67. The fourth-order valence-corrected chi connectivity index (χ4v) is 5.31. The molecule has 178 valence electrons. The van der Waals surface area contributed by atoms with Crippen LogP contribution in [0, 0.1) is 0 Å². The lowest BCUT2D eigenvalue weighted by molar-refractivity contribution is 0.248. The Kier molecular flexibility index (Phi) is 7.24. The van der Waals surface area contributed by atoms with Crippen LogP contribution in [0.2, 0.25) is 5.02 Å². The molecule has 0 bridgehead atoms. The van der Waals surface area contributed by atoms with Gasteiger partial charge in [0.25, 0.3) is 0 Å². The van der Waals surface area contributed by atoms with Gasteiger partial charge in [0, 0.05) is 43.3 Å². The van der Waals surface area contributed by atoms with Gasteiger partial charge < -0.3 is 21.7 Å². The molecule has 33 heavy (non-hydrogen) atoms. The first kappa shape index (κ1) is 23.6. The SMILES string of the molecule is CN(C)c1nc(NC2CCC(N(C(N)=O)c3ccc(Cl)cc3CN)CC2)nc2c1CCCC2. The van der Waals surface area contributed by atoms with E-state index < -0.39 is 6.03 Å². The van der Waals surface area contributed by atoms with Gasteiger partial charge in [-0.3, -0.25) is 4.90 Å². The molecule has 8 nitrogen and oxygen atoms in total.